The number of aliphatic hydroxyl groups is 1. The fourth-order valence-electron chi connectivity index (χ4n) is 9.57. The number of ether oxygens (including phenoxy) is 1. The van der Waals surface area contributed by atoms with Gasteiger partial charge in [0.05, 0.1) is 12.7 Å². The van der Waals surface area contributed by atoms with Gasteiger partial charge in [-0.25, -0.2) is 4.39 Å². The van der Waals surface area contributed by atoms with Crippen molar-refractivity contribution in [3.63, 3.8) is 0 Å². The van der Waals surface area contributed by atoms with E-state index in [-0.39, 0.29) is 28.9 Å². The average molecular weight is 656 g/mol. The maximum Gasteiger partial charge on any atom is 0.253 e. The van der Waals surface area contributed by atoms with Crippen molar-refractivity contribution in [1.82, 2.24) is 4.90 Å². The number of carbonyl (C=O) groups is 1. The lowest BCUT2D eigenvalue weighted by Gasteiger charge is -2.54. The number of phenols is 1. The van der Waals surface area contributed by atoms with Crippen molar-refractivity contribution in [2.45, 2.75) is 103 Å². The zero-order valence-electron chi connectivity index (χ0n) is 28.8. The van der Waals surface area contributed by atoms with Crippen molar-refractivity contribution < 1.29 is 24.1 Å². The summed E-state index contributed by atoms with van der Waals surface area (Å²) in [5.74, 6) is 1.84. The molecule has 5 nitrogen and oxygen atoms in total. The third-order valence-corrected chi connectivity index (χ3v) is 12.0. The zero-order valence-corrected chi connectivity index (χ0v) is 28.8. The molecule has 3 aliphatic rings. The molecule has 3 aromatic carbocycles. The summed E-state index contributed by atoms with van der Waals surface area (Å²) in [5, 5.41) is 21.2. The smallest absolute Gasteiger partial charge is 0.253 e. The fraction of sp³-hybridized carbons (Fsp3) is 0.548. The number of hydrogen-bond acceptors (Lipinski definition) is 4. The quantitative estimate of drug-likeness (QED) is 0.170. The van der Waals surface area contributed by atoms with Crippen LogP contribution < -0.4 is 4.74 Å². The number of hydrogen-bond donors (Lipinski definition) is 2. The lowest BCUT2D eigenvalue weighted by atomic mass is 9.51. The predicted molar refractivity (Wildman–Crippen MR) is 189 cm³/mol. The van der Waals surface area contributed by atoms with Gasteiger partial charge in [0.15, 0.2) is 0 Å². The number of phenolic OH excluding ortho intramolecular Hbond substituents is 1. The Bertz CT molecular complexity index is 1500. The van der Waals surface area contributed by atoms with E-state index in [0.29, 0.717) is 30.4 Å². The number of aryl methyl sites for hydroxylation is 1. The number of nitrogens with zero attached hydrogens (tertiary/aromatic N) is 1. The van der Waals surface area contributed by atoms with Gasteiger partial charge in [-0.15, -0.1) is 0 Å². The van der Waals surface area contributed by atoms with Crippen LogP contribution in [0, 0.1) is 23.2 Å². The van der Waals surface area contributed by atoms with E-state index in [1.807, 2.05) is 54.3 Å². The fourth-order valence-corrected chi connectivity index (χ4v) is 9.57. The molecule has 48 heavy (non-hydrogen) atoms. The molecular weight excluding hydrogens is 601 g/mol. The maximum atomic E-state index is 16.1. The van der Waals surface area contributed by atoms with Gasteiger partial charge in [0.1, 0.15) is 17.7 Å². The minimum Gasteiger partial charge on any atom is -0.508 e. The number of rotatable bonds is 14. The number of aromatic hydroxyl groups is 1. The van der Waals surface area contributed by atoms with Crippen LogP contribution in [0.2, 0.25) is 0 Å². The maximum absolute atomic E-state index is 16.1. The largest absolute Gasteiger partial charge is 0.508 e. The number of amides is 1. The van der Waals surface area contributed by atoms with Crippen LogP contribution in [-0.4, -0.2) is 53.0 Å². The van der Waals surface area contributed by atoms with E-state index in [1.54, 1.807) is 6.07 Å². The SMILES string of the molecule is CCOc1ccc(C(=O)N(CCCCCCC2Cc3cc(O)ccc3C3C(F)C[C@]4(C)C(O)CCC4C23)CCCc2ccccc2)cc1. The topological polar surface area (TPSA) is 70.0 Å². The second-order valence-corrected chi connectivity index (χ2v) is 14.9. The molecule has 258 valence electrons. The Morgan fingerprint density at radius 3 is 2.48 bits per heavy atom. The van der Waals surface area contributed by atoms with Crippen molar-refractivity contribution in [3.05, 3.63) is 95.1 Å². The Morgan fingerprint density at radius 2 is 1.71 bits per heavy atom. The third-order valence-electron chi connectivity index (χ3n) is 12.0. The Hall–Kier alpha value is -3.38. The normalized spacial score (nSPS) is 27.5. The molecule has 0 heterocycles. The highest BCUT2D eigenvalue weighted by Crippen LogP contribution is 2.63. The zero-order chi connectivity index (χ0) is 33.7. The number of carbonyl (C=O) groups excluding carboxylic acids is 1. The second kappa shape index (κ2) is 15.4. The van der Waals surface area contributed by atoms with Crippen LogP contribution in [0.15, 0.2) is 72.8 Å². The van der Waals surface area contributed by atoms with E-state index in [0.717, 1.165) is 94.2 Å². The van der Waals surface area contributed by atoms with Crippen LogP contribution in [0.25, 0.3) is 0 Å². The number of alkyl halides is 1. The molecule has 3 aliphatic carbocycles. The van der Waals surface area contributed by atoms with Crippen molar-refractivity contribution in [1.29, 1.82) is 0 Å². The number of aliphatic hydroxyl groups excluding tert-OH is 1. The number of halogens is 1. The molecule has 3 aromatic rings. The molecule has 7 atom stereocenters. The first kappa shape index (κ1) is 34.5. The summed E-state index contributed by atoms with van der Waals surface area (Å²) in [6, 6.07) is 23.5. The molecule has 6 rings (SSSR count). The molecule has 2 fully saturated rings. The predicted octanol–water partition coefficient (Wildman–Crippen LogP) is 8.91. The lowest BCUT2D eigenvalue weighted by molar-refractivity contribution is -0.0722. The first-order chi connectivity index (χ1) is 23.3. The van der Waals surface area contributed by atoms with E-state index in [1.165, 1.54) is 5.56 Å². The van der Waals surface area contributed by atoms with Gasteiger partial charge >= 0.3 is 0 Å². The molecule has 0 radical (unpaired) electrons. The van der Waals surface area contributed by atoms with Crippen LogP contribution in [0.1, 0.15) is 105 Å². The molecule has 6 unspecified atom stereocenters. The average Bonchev–Trinajstić information content (AvgIpc) is 3.38. The van der Waals surface area contributed by atoms with Crippen LogP contribution in [0.5, 0.6) is 11.5 Å². The van der Waals surface area contributed by atoms with Gasteiger partial charge in [0.2, 0.25) is 0 Å². The molecular formula is C42H54FNO4. The summed E-state index contributed by atoms with van der Waals surface area (Å²) in [4.78, 5) is 15.6. The Kier molecular flexibility index (Phi) is 11.1. The minimum atomic E-state index is -0.976. The molecule has 0 bridgehead atoms. The molecule has 0 aliphatic heterocycles. The molecule has 0 spiro atoms. The number of fused-ring (bicyclic) bond motifs is 5. The summed E-state index contributed by atoms with van der Waals surface area (Å²) >= 11 is 0. The number of unbranched alkanes of at least 4 members (excludes halogenated alkanes) is 3. The first-order valence-electron chi connectivity index (χ1n) is 18.5. The molecule has 2 N–H and O–H groups in total. The van der Waals surface area contributed by atoms with Crippen molar-refractivity contribution in [2.75, 3.05) is 19.7 Å². The summed E-state index contributed by atoms with van der Waals surface area (Å²) in [6.45, 7) is 6.12. The second-order valence-electron chi connectivity index (χ2n) is 14.9. The third kappa shape index (κ3) is 7.44. The Morgan fingerprint density at radius 1 is 0.958 bits per heavy atom. The Balaban J connectivity index is 1.06. The molecule has 6 heteroatoms. The highest BCUT2D eigenvalue weighted by molar-refractivity contribution is 5.94. The van der Waals surface area contributed by atoms with Gasteiger partial charge in [0.25, 0.3) is 5.91 Å². The monoisotopic (exact) mass is 655 g/mol. The van der Waals surface area contributed by atoms with Crippen molar-refractivity contribution >= 4 is 5.91 Å². The molecule has 0 aromatic heterocycles. The van der Waals surface area contributed by atoms with Crippen LogP contribution in [-0.2, 0) is 12.8 Å². The van der Waals surface area contributed by atoms with E-state index in [2.05, 4.69) is 31.2 Å². The molecule has 1 amide bonds. The first-order valence-corrected chi connectivity index (χ1v) is 18.5. The highest BCUT2D eigenvalue weighted by atomic mass is 19.1. The minimum absolute atomic E-state index is 0.0705. The highest BCUT2D eigenvalue weighted by Gasteiger charge is 2.59. The van der Waals surface area contributed by atoms with Gasteiger partial charge in [-0.05, 0) is 135 Å². The lowest BCUT2D eigenvalue weighted by Crippen LogP contribution is -2.51. The van der Waals surface area contributed by atoms with Gasteiger partial charge in [0, 0.05) is 24.6 Å². The standard InChI is InChI=1S/C42H54FNO4/c1-3-48-34-19-16-30(17-20-34)41(47)44(25-11-14-29-12-7-6-8-13-29)24-10-5-4-9-15-31-26-32-27-33(45)18-21-35(32)40-37(43)28-42(2)36(39(31)40)22-23-38(42)46/h6-8,12-13,16-21,27,31,36-40,45-46H,3-5,9-11,14-15,22-26,28H2,1-2H3/t31?,36?,37?,38?,39?,40?,42-/m0/s1. The van der Waals surface area contributed by atoms with E-state index in [9.17, 15) is 15.0 Å². The Labute approximate surface area is 286 Å². The van der Waals surface area contributed by atoms with Gasteiger partial charge in [-0.3, -0.25) is 4.79 Å². The molecule has 0 saturated heterocycles. The van der Waals surface area contributed by atoms with Crippen LogP contribution in [0.4, 0.5) is 4.39 Å². The van der Waals surface area contributed by atoms with E-state index >= 15 is 4.39 Å². The van der Waals surface area contributed by atoms with E-state index in [4.69, 9.17) is 4.74 Å². The van der Waals surface area contributed by atoms with E-state index < -0.39 is 12.3 Å². The van der Waals surface area contributed by atoms with Crippen LogP contribution in [0.3, 0.4) is 0 Å². The van der Waals surface area contributed by atoms with Crippen molar-refractivity contribution in [2.24, 2.45) is 23.2 Å². The summed E-state index contributed by atoms with van der Waals surface area (Å²) in [6.07, 6.45) is 8.62. The van der Waals surface area contributed by atoms with Crippen molar-refractivity contribution in [3.8, 4) is 11.5 Å². The summed E-state index contributed by atoms with van der Waals surface area (Å²) in [7, 11) is 0. The van der Waals surface area contributed by atoms with Gasteiger partial charge < -0.3 is 19.8 Å². The number of benzene rings is 3. The van der Waals surface area contributed by atoms with Crippen LogP contribution >= 0.6 is 0 Å². The summed E-state index contributed by atoms with van der Waals surface area (Å²) in [5.41, 5.74) is 3.81. The molecule has 2 saturated carbocycles. The summed E-state index contributed by atoms with van der Waals surface area (Å²) < 4.78 is 21.7. The van der Waals surface area contributed by atoms with Gasteiger partial charge in [-0.1, -0.05) is 62.6 Å². The van der Waals surface area contributed by atoms with Gasteiger partial charge in [-0.2, -0.15) is 0 Å².